The van der Waals surface area contributed by atoms with Crippen LogP contribution in [-0.4, -0.2) is 6.29 Å². The van der Waals surface area contributed by atoms with Gasteiger partial charge in [-0.2, -0.15) is 0 Å². The van der Waals surface area contributed by atoms with Crippen molar-refractivity contribution in [1.82, 2.24) is 0 Å². The van der Waals surface area contributed by atoms with Crippen LogP contribution >= 0.6 is 0 Å². The highest BCUT2D eigenvalue weighted by molar-refractivity contribution is 5.48. The summed E-state index contributed by atoms with van der Waals surface area (Å²) in [6.07, 6.45) is 3.82. The highest BCUT2D eigenvalue weighted by Crippen LogP contribution is 2.24. The minimum Gasteiger partial charge on any atom is -0.303 e. The molecular weight excluding hydrogens is 196 g/mol. The lowest BCUT2D eigenvalue weighted by Crippen LogP contribution is -2.04. The van der Waals surface area contributed by atoms with Crippen molar-refractivity contribution < 1.29 is 4.79 Å². The van der Waals surface area contributed by atoms with Gasteiger partial charge < -0.3 is 4.79 Å². The van der Waals surface area contributed by atoms with Crippen molar-refractivity contribution in [3.05, 3.63) is 46.5 Å². The van der Waals surface area contributed by atoms with E-state index in [9.17, 15) is 4.79 Å². The third-order valence-corrected chi connectivity index (χ3v) is 2.92. The minimum absolute atomic E-state index is 0.639. The van der Waals surface area contributed by atoms with Gasteiger partial charge in [-0.1, -0.05) is 42.3 Å². The lowest BCUT2D eigenvalue weighted by Gasteiger charge is -2.18. The molecule has 1 aromatic rings. The van der Waals surface area contributed by atoms with Gasteiger partial charge in [-0.25, -0.2) is 0 Å². The Bertz CT molecular complexity index is 355. The molecule has 0 saturated heterocycles. The number of rotatable bonds is 1. The third kappa shape index (κ3) is 3.34. The highest BCUT2D eigenvalue weighted by Gasteiger charge is 2.10. The minimum atomic E-state index is 0.639. The molecule has 1 heteroatoms. The Morgan fingerprint density at radius 2 is 1.44 bits per heavy atom. The van der Waals surface area contributed by atoms with Gasteiger partial charge in [0.15, 0.2) is 0 Å². The molecule has 0 fully saturated rings. The number of benzene rings is 1. The second kappa shape index (κ2) is 6.26. The van der Waals surface area contributed by atoms with Crippen molar-refractivity contribution in [2.45, 2.75) is 40.0 Å². The molecule has 0 aliphatic heterocycles. The van der Waals surface area contributed by atoms with E-state index in [2.05, 4.69) is 38.1 Å². The first-order chi connectivity index (χ1) is 7.69. The zero-order chi connectivity index (χ0) is 12.0. The van der Waals surface area contributed by atoms with E-state index < -0.39 is 0 Å². The molecule has 1 nitrogen and oxygen atoms in total. The average molecular weight is 216 g/mol. The monoisotopic (exact) mass is 216 g/mol. The van der Waals surface area contributed by atoms with Crippen LogP contribution in [0.25, 0.3) is 0 Å². The van der Waals surface area contributed by atoms with Crippen molar-refractivity contribution in [3.8, 4) is 0 Å². The molecule has 0 aromatic heterocycles. The summed E-state index contributed by atoms with van der Waals surface area (Å²) < 4.78 is 0. The molecule has 0 saturated carbocycles. The van der Waals surface area contributed by atoms with Crippen LogP contribution < -0.4 is 0 Å². The summed E-state index contributed by atoms with van der Waals surface area (Å²) in [6.45, 7) is 6.30. The summed E-state index contributed by atoms with van der Waals surface area (Å²) in [7, 11) is 0. The molecule has 0 N–H and O–H groups in total. The number of fused-ring (bicyclic) bond motifs is 1. The van der Waals surface area contributed by atoms with Crippen LogP contribution in [0.5, 0.6) is 0 Å². The second-order valence-corrected chi connectivity index (χ2v) is 4.26. The Balaban J connectivity index is 0.000000280. The first-order valence-electron chi connectivity index (χ1n) is 5.84. The lowest BCUT2D eigenvalue weighted by molar-refractivity contribution is -0.107. The Morgan fingerprint density at radius 1 is 1.06 bits per heavy atom. The normalized spacial score (nSPS) is 13.7. The predicted octanol–water partition coefficient (Wildman–Crippen LogP) is 3.72. The Morgan fingerprint density at radius 3 is 1.75 bits per heavy atom. The van der Waals surface area contributed by atoms with E-state index in [-0.39, 0.29) is 0 Å². The van der Waals surface area contributed by atoms with E-state index in [1.165, 1.54) is 11.1 Å². The van der Waals surface area contributed by atoms with Crippen LogP contribution in [0.1, 0.15) is 38.3 Å². The topological polar surface area (TPSA) is 17.1 Å². The fourth-order valence-electron chi connectivity index (χ4n) is 1.78. The molecule has 0 atom stereocenters. The first kappa shape index (κ1) is 12.7. The van der Waals surface area contributed by atoms with Crippen molar-refractivity contribution in [3.63, 3.8) is 0 Å². The van der Waals surface area contributed by atoms with Gasteiger partial charge in [-0.15, -0.1) is 0 Å². The standard InChI is InChI=1S/C12H14.C3H6O/c1-9-7-11-5-3-4-6-12(11)8-10(9)2;1-2-3-4/h3-6H,7-8H2,1-2H3;3H,2H2,1H3. The van der Waals surface area contributed by atoms with Crippen molar-refractivity contribution in [2.24, 2.45) is 0 Å². The SMILES string of the molecule is CC1=C(C)Cc2ccccc2C1.CCC=O. The number of allylic oxidation sites excluding steroid dienone is 2. The summed E-state index contributed by atoms with van der Waals surface area (Å²) in [4.78, 5) is 9.17. The molecule has 0 radical (unpaired) electrons. The first-order valence-corrected chi connectivity index (χ1v) is 5.84. The van der Waals surface area contributed by atoms with Crippen LogP contribution in [0, 0.1) is 0 Å². The van der Waals surface area contributed by atoms with Crippen LogP contribution in [-0.2, 0) is 17.6 Å². The van der Waals surface area contributed by atoms with E-state index in [1.807, 2.05) is 6.92 Å². The largest absolute Gasteiger partial charge is 0.303 e. The van der Waals surface area contributed by atoms with Crippen LogP contribution in [0.4, 0.5) is 0 Å². The van der Waals surface area contributed by atoms with Gasteiger partial charge in [0.25, 0.3) is 0 Å². The molecule has 1 aliphatic carbocycles. The molecule has 1 aromatic carbocycles. The summed E-state index contributed by atoms with van der Waals surface area (Å²) in [6, 6.07) is 8.75. The fourth-order valence-corrected chi connectivity index (χ4v) is 1.78. The number of carbonyl (C=O) groups is 1. The number of hydrogen-bond acceptors (Lipinski definition) is 1. The fraction of sp³-hybridized carbons (Fsp3) is 0.400. The van der Waals surface area contributed by atoms with Gasteiger partial charge in [0.05, 0.1) is 0 Å². The maximum Gasteiger partial charge on any atom is 0.119 e. The Hall–Kier alpha value is -1.37. The van der Waals surface area contributed by atoms with Gasteiger partial charge in [-0.05, 0) is 37.8 Å². The molecule has 0 unspecified atom stereocenters. The molecule has 86 valence electrons. The van der Waals surface area contributed by atoms with E-state index >= 15 is 0 Å². The summed E-state index contributed by atoms with van der Waals surface area (Å²) in [5.41, 5.74) is 6.13. The predicted molar refractivity (Wildman–Crippen MR) is 68.6 cm³/mol. The maximum absolute atomic E-state index is 9.17. The van der Waals surface area contributed by atoms with Gasteiger partial charge in [0.2, 0.25) is 0 Å². The van der Waals surface area contributed by atoms with E-state index in [0.29, 0.717) is 6.42 Å². The van der Waals surface area contributed by atoms with Gasteiger partial charge >= 0.3 is 0 Å². The molecule has 2 rings (SSSR count). The summed E-state index contributed by atoms with van der Waals surface area (Å²) in [5.74, 6) is 0. The summed E-state index contributed by atoms with van der Waals surface area (Å²) in [5, 5.41) is 0. The summed E-state index contributed by atoms with van der Waals surface area (Å²) >= 11 is 0. The molecule has 0 heterocycles. The van der Waals surface area contributed by atoms with Crippen LogP contribution in [0.15, 0.2) is 35.4 Å². The van der Waals surface area contributed by atoms with E-state index in [4.69, 9.17) is 0 Å². The quantitative estimate of drug-likeness (QED) is 0.516. The van der Waals surface area contributed by atoms with Crippen molar-refractivity contribution in [1.29, 1.82) is 0 Å². The number of aldehydes is 1. The molecule has 0 bridgehead atoms. The van der Waals surface area contributed by atoms with Crippen molar-refractivity contribution in [2.75, 3.05) is 0 Å². The lowest BCUT2D eigenvalue weighted by atomic mass is 9.88. The zero-order valence-electron chi connectivity index (χ0n) is 10.4. The number of hydrogen-bond donors (Lipinski definition) is 0. The molecule has 16 heavy (non-hydrogen) atoms. The second-order valence-electron chi connectivity index (χ2n) is 4.26. The Kier molecular flexibility index (Phi) is 4.97. The molecular formula is C15H20O. The number of carbonyl (C=O) groups excluding carboxylic acids is 1. The van der Waals surface area contributed by atoms with E-state index in [0.717, 1.165) is 19.1 Å². The third-order valence-electron chi connectivity index (χ3n) is 2.92. The highest BCUT2D eigenvalue weighted by atomic mass is 16.1. The van der Waals surface area contributed by atoms with Crippen LogP contribution in [0.3, 0.4) is 0 Å². The van der Waals surface area contributed by atoms with Gasteiger partial charge in [-0.3, -0.25) is 0 Å². The Labute approximate surface area is 98.2 Å². The molecule has 0 spiro atoms. The smallest absolute Gasteiger partial charge is 0.119 e. The molecule has 1 aliphatic rings. The molecule has 0 amide bonds. The van der Waals surface area contributed by atoms with Gasteiger partial charge in [0, 0.05) is 6.42 Å². The average Bonchev–Trinajstić information content (AvgIpc) is 2.31. The maximum atomic E-state index is 9.17. The van der Waals surface area contributed by atoms with Crippen LogP contribution in [0.2, 0.25) is 0 Å². The van der Waals surface area contributed by atoms with Gasteiger partial charge in [0.1, 0.15) is 6.29 Å². The van der Waals surface area contributed by atoms with Crippen molar-refractivity contribution >= 4 is 6.29 Å². The zero-order valence-corrected chi connectivity index (χ0v) is 10.4. The van der Waals surface area contributed by atoms with E-state index in [1.54, 1.807) is 11.1 Å².